The summed E-state index contributed by atoms with van der Waals surface area (Å²) >= 11 is 0. The highest BCUT2D eigenvalue weighted by atomic mass is 16.2. The van der Waals surface area contributed by atoms with Crippen LogP contribution in [0.15, 0.2) is 0 Å². The van der Waals surface area contributed by atoms with Crippen LogP contribution in [-0.2, 0) is 4.79 Å². The maximum atomic E-state index is 11.6. The number of rotatable bonds is 5. The quantitative estimate of drug-likeness (QED) is 0.631. The van der Waals surface area contributed by atoms with Crippen LogP contribution < -0.4 is 10.6 Å². The first-order valence-corrected chi connectivity index (χ1v) is 5.96. The summed E-state index contributed by atoms with van der Waals surface area (Å²) in [6.07, 6.45) is 0. The predicted octanol–water partition coefficient (Wildman–Crippen LogP) is -1.04. The van der Waals surface area contributed by atoms with Gasteiger partial charge < -0.3 is 15.5 Å². The number of carbonyl (C=O) groups excluding carboxylic acids is 1. The van der Waals surface area contributed by atoms with Crippen LogP contribution in [-0.4, -0.2) is 75.1 Å². The second kappa shape index (κ2) is 6.83. The van der Waals surface area contributed by atoms with Gasteiger partial charge in [0.1, 0.15) is 0 Å². The molecule has 16 heavy (non-hydrogen) atoms. The third-order valence-corrected chi connectivity index (χ3v) is 3.05. The standard InChI is InChI=1S/C11H24N4O/c1-10(14(2)3)8-13-11(16)9-15-6-4-12-5-7-15/h10,12H,4-9H2,1-3H3,(H,13,16). The highest BCUT2D eigenvalue weighted by Crippen LogP contribution is 1.92. The Morgan fingerprint density at radius 1 is 1.44 bits per heavy atom. The van der Waals surface area contributed by atoms with Crippen molar-refractivity contribution < 1.29 is 4.79 Å². The van der Waals surface area contributed by atoms with E-state index in [4.69, 9.17) is 0 Å². The van der Waals surface area contributed by atoms with Gasteiger partial charge in [0.05, 0.1) is 6.54 Å². The highest BCUT2D eigenvalue weighted by Gasteiger charge is 2.14. The number of hydrogen-bond donors (Lipinski definition) is 2. The number of likely N-dealkylation sites (N-methyl/N-ethyl adjacent to an activating group) is 1. The molecule has 0 aromatic rings. The molecule has 1 aliphatic heterocycles. The van der Waals surface area contributed by atoms with Gasteiger partial charge in [-0.2, -0.15) is 0 Å². The Hall–Kier alpha value is -0.650. The fraction of sp³-hybridized carbons (Fsp3) is 0.909. The van der Waals surface area contributed by atoms with Crippen LogP contribution in [0.3, 0.4) is 0 Å². The largest absolute Gasteiger partial charge is 0.353 e. The number of nitrogens with zero attached hydrogens (tertiary/aromatic N) is 2. The Balaban J connectivity index is 2.14. The fourth-order valence-corrected chi connectivity index (χ4v) is 1.57. The monoisotopic (exact) mass is 228 g/mol. The zero-order chi connectivity index (χ0) is 12.0. The van der Waals surface area contributed by atoms with Gasteiger partial charge >= 0.3 is 0 Å². The van der Waals surface area contributed by atoms with E-state index in [-0.39, 0.29) is 5.91 Å². The first-order valence-electron chi connectivity index (χ1n) is 5.96. The van der Waals surface area contributed by atoms with Crippen LogP contribution in [0.2, 0.25) is 0 Å². The van der Waals surface area contributed by atoms with Crippen LogP contribution in [0.4, 0.5) is 0 Å². The van der Waals surface area contributed by atoms with Crippen LogP contribution in [0.25, 0.3) is 0 Å². The first-order chi connectivity index (χ1) is 7.59. The summed E-state index contributed by atoms with van der Waals surface area (Å²) in [4.78, 5) is 15.9. The van der Waals surface area contributed by atoms with Crippen LogP contribution in [0, 0.1) is 0 Å². The molecule has 1 atom stereocenters. The predicted molar refractivity (Wildman–Crippen MR) is 65.5 cm³/mol. The third-order valence-electron chi connectivity index (χ3n) is 3.05. The van der Waals surface area contributed by atoms with Crippen LogP contribution >= 0.6 is 0 Å². The molecule has 0 bridgehead atoms. The molecule has 0 saturated carbocycles. The molecule has 1 heterocycles. The molecule has 0 aromatic heterocycles. The smallest absolute Gasteiger partial charge is 0.234 e. The molecule has 1 rings (SSSR count). The summed E-state index contributed by atoms with van der Waals surface area (Å²) in [5.74, 6) is 0.135. The number of carbonyl (C=O) groups is 1. The van der Waals surface area contributed by atoms with Crippen molar-refractivity contribution in [2.75, 3.05) is 53.4 Å². The van der Waals surface area contributed by atoms with Gasteiger partial charge in [-0.25, -0.2) is 0 Å². The Bertz CT molecular complexity index is 214. The van der Waals surface area contributed by atoms with Crippen molar-refractivity contribution in [1.82, 2.24) is 20.4 Å². The molecule has 1 saturated heterocycles. The third kappa shape index (κ3) is 4.92. The van der Waals surface area contributed by atoms with Gasteiger partial charge in [-0.15, -0.1) is 0 Å². The minimum Gasteiger partial charge on any atom is -0.353 e. The molecule has 94 valence electrons. The maximum absolute atomic E-state index is 11.6. The van der Waals surface area contributed by atoms with Crippen LogP contribution in [0.1, 0.15) is 6.92 Å². The Kier molecular flexibility index (Phi) is 5.73. The minimum atomic E-state index is 0.135. The van der Waals surface area contributed by atoms with E-state index in [9.17, 15) is 4.79 Å². The summed E-state index contributed by atoms with van der Waals surface area (Å²) in [5.41, 5.74) is 0. The van der Waals surface area contributed by atoms with Crippen molar-refractivity contribution in [1.29, 1.82) is 0 Å². The van der Waals surface area contributed by atoms with Crippen molar-refractivity contribution in [2.45, 2.75) is 13.0 Å². The van der Waals surface area contributed by atoms with Gasteiger partial charge in [0.15, 0.2) is 0 Å². The van der Waals surface area contributed by atoms with Gasteiger partial charge in [0.25, 0.3) is 0 Å². The molecule has 0 spiro atoms. The zero-order valence-corrected chi connectivity index (χ0v) is 10.6. The number of piperazine rings is 1. The number of nitrogens with one attached hydrogen (secondary N) is 2. The lowest BCUT2D eigenvalue weighted by atomic mass is 10.3. The minimum absolute atomic E-state index is 0.135. The highest BCUT2D eigenvalue weighted by molar-refractivity contribution is 5.78. The Labute approximate surface area is 98.2 Å². The van der Waals surface area contributed by atoms with E-state index in [0.29, 0.717) is 12.6 Å². The number of hydrogen-bond acceptors (Lipinski definition) is 4. The normalized spacial score (nSPS) is 19.8. The van der Waals surface area contributed by atoms with E-state index in [1.54, 1.807) is 0 Å². The number of amides is 1. The molecular formula is C11H24N4O. The van der Waals surface area contributed by atoms with Crippen molar-refractivity contribution in [3.63, 3.8) is 0 Å². The van der Waals surface area contributed by atoms with Gasteiger partial charge in [0.2, 0.25) is 5.91 Å². The molecule has 0 aliphatic carbocycles. The van der Waals surface area contributed by atoms with Gasteiger partial charge in [0, 0.05) is 38.8 Å². The second-order valence-electron chi connectivity index (χ2n) is 4.64. The molecule has 1 fully saturated rings. The summed E-state index contributed by atoms with van der Waals surface area (Å²) in [5, 5.41) is 6.24. The molecule has 5 heteroatoms. The molecule has 5 nitrogen and oxygen atoms in total. The molecular weight excluding hydrogens is 204 g/mol. The first kappa shape index (κ1) is 13.4. The average Bonchev–Trinajstić information content (AvgIpc) is 2.27. The Morgan fingerprint density at radius 2 is 2.06 bits per heavy atom. The summed E-state index contributed by atoms with van der Waals surface area (Å²) in [6.45, 7) is 7.26. The van der Waals surface area contributed by atoms with E-state index >= 15 is 0 Å². The fourth-order valence-electron chi connectivity index (χ4n) is 1.57. The topological polar surface area (TPSA) is 47.6 Å². The van der Waals surface area contributed by atoms with Crippen molar-refractivity contribution in [2.24, 2.45) is 0 Å². The van der Waals surface area contributed by atoms with Gasteiger partial charge in [-0.3, -0.25) is 9.69 Å². The molecule has 0 radical (unpaired) electrons. The summed E-state index contributed by atoms with van der Waals surface area (Å²) in [6, 6.07) is 0.381. The lowest BCUT2D eigenvalue weighted by Crippen LogP contribution is -2.48. The second-order valence-corrected chi connectivity index (χ2v) is 4.64. The van der Waals surface area contributed by atoms with Crippen molar-refractivity contribution >= 4 is 5.91 Å². The summed E-state index contributed by atoms with van der Waals surface area (Å²) < 4.78 is 0. The molecule has 1 amide bonds. The molecule has 2 N–H and O–H groups in total. The van der Waals surface area contributed by atoms with Gasteiger partial charge in [-0.1, -0.05) is 0 Å². The van der Waals surface area contributed by atoms with E-state index in [1.165, 1.54) is 0 Å². The van der Waals surface area contributed by atoms with Crippen molar-refractivity contribution in [3.8, 4) is 0 Å². The van der Waals surface area contributed by atoms with Crippen molar-refractivity contribution in [3.05, 3.63) is 0 Å². The van der Waals surface area contributed by atoms with E-state index in [2.05, 4.69) is 27.4 Å². The lowest BCUT2D eigenvalue weighted by Gasteiger charge is -2.27. The molecule has 1 unspecified atom stereocenters. The van der Waals surface area contributed by atoms with Crippen LogP contribution in [0.5, 0.6) is 0 Å². The van der Waals surface area contributed by atoms with E-state index in [1.807, 2.05) is 14.1 Å². The van der Waals surface area contributed by atoms with Gasteiger partial charge in [-0.05, 0) is 21.0 Å². The molecule has 0 aromatic carbocycles. The lowest BCUT2D eigenvalue weighted by molar-refractivity contribution is -0.122. The molecule has 1 aliphatic rings. The Morgan fingerprint density at radius 3 is 2.62 bits per heavy atom. The SMILES string of the molecule is CC(CNC(=O)CN1CCNCC1)N(C)C. The van der Waals surface area contributed by atoms with E-state index < -0.39 is 0 Å². The zero-order valence-electron chi connectivity index (χ0n) is 10.6. The maximum Gasteiger partial charge on any atom is 0.234 e. The van der Waals surface area contributed by atoms with E-state index in [0.717, 1.165) is 32.7 Å². The summed E-state index contributed by atoms with van der Waals surface area (Å²) in [7, 11) is 4.04. The average molecular weight is 228 g/mol.